The minimum absolute atomic E-state index is 0.188. The minimum Gasteiger partial charge on any atom is -0.481 e. The number of halogens is 1. The molecule has 0 saturated heterocycles. The summed E-state index contributed by atoms with van der Waals surface area (Å²) in [5.74, 6) is 0.450. The quantitative estimate of drug-likeness (QED) is 0.727. The average Bonchev–Trinajstić information content (AvgIpc) is 3.12. The second-order valence-corrected chi connectivity index (χ2v) is 6.00. The second-order valence-electron chi connectivity index (χ2n) is 6.00. The van der Waals surface area contributed by atoms with Crippen LogP contribution in [0.4, 0.5) is 10.3 Å². The first-order chi connectivity index (χ1) is 12.7. The molecule has 4 rings (SSSR count). The molecule has 1 aromatic carbocycles. The number of anilines is 1. The Hall–Kier alpha value is -3.22. The Morgan fingerprint density at radius 3 is 2.77 bits per heavy atom. The number of amides is 1. The lowest BCUT2D eigenvalue weighted by molar-refractivity contribution is 0.0980. The molecule has 1 amide bonds. The molecule has 1 aliphatic heterocycles. The fourth-order valence-corrected chi connectivity index (χ4v) is 3.06. The first-order valence-electron chi connectivity index (χ1n) is 8.31. The lowest BCUT2D eigenvalue weighted by Gasteiger charge is -2.27. The van der Waals surface area contributed by atoms with Crippen molar-refractivity contribution in [1.29, 1.82) is 0 Å². The van der Waals surface area contributed by atoms with Crippen LogP contribution in [0, 0.1) is 5.82 Å². The Morgan fingerprint density at radius 2 is 2.04 bits per heavy atom. The van der Waals surface area contributed by atoms with Gasteiger partial charge in [0.05, 0.1) is 18.4 Å². The van der Waals surface area contributed by atoms with Crippen molar-refractivity contribution < 1.29 is 13.9 Å². The van der Waals surface area contributed by atoms with Gasteiger partial charge in [0.15, 0.2) is 0 Å². The number of aryl methyl sites for hydroxylation is 1. The number of pyridine rings is 1. The highest BCUT2D eigenvalue weighted by Crippen LogP contribution is 2.28. The van der Waals surface area contributed by atoms with Gasteiger partial charge in [0.1, 0.15) is 5.82 Å². The summed E-state index contributed by atoms with van der Waals surface area (Å²) in [6.45, 7) is 1.29. The van der Waals surface area contributed by atoms with Gasteiger partial charge in [-0.15, -0.1) is 0 Å². The smallest absolute Gasteiger partial charge is 0.262 e. The number of hydrogen-bond acceptors (Lipinski definition) is 4. The van der Waals surface area contributed by atoms with Crippen molar-refractivity contribution in [2.75, 3.05) is 18.6 Å². The molecule has 132 valence electrons. The summed E-state index contributed by atoms with van der Waals surface area (Å²) in [5, 5.41) is 0. The van der Waals surface area contributed by atoms with Gasteiger partial charge in [-0.2, -0.15) is 0 Å². The van der Waals surface area contributed by atoms with Crippen molar-refractivity contribution in [2.24, 2.45) is 0 Å². The largest absolute Gasteiger partial charge is 0.481 e. The summed E-state index contributed by atoms with van der Waals surface area (Å²) in [4.78, 5) is 23.1. The number of nitrogens with zero attached hydrogens (tertiary/aromatic N) is 4. The Labute approximate surface area is 149 Å². The molecule has 26 heavy (non-hydrogen) atoms. The topological polar surface area (TPSA) is 60.2 Å². The highest BCUT2D eigenvalue weighted by atomic mass is 19.1. The first-order valence-corrected chi connectivity index (χ1v) is 8.31. The summed E-state index contributed by atoms with van der Waals surface area (Å²) in [5.41, 5.74) is 1.40. The van der Waals surface area contributed by atoms with E-state index in [1.54, 1.807) is 41.4 Å². The van der Waals surface area contributed by atoms with E-state index < -0.39 is 0 Å². The molecular weight excluding hydrogens is 335 g/mol. The molecular formula is C19H17FN4O2. The minimum atomic E-state index is -0.333. The van der Waals surface area contributed by atoms with Gasteiger partial charge in [0.25, 0.3) is 5.91 Å². The van der Waals surface area contributed by atoms with E-state index in [0.717, 1.165) is 13.0 Å². The molecule has 0 aliphatic carbocycles. The van der Waals surface area contributed by atoms with Crippen molar-refractivity contribution in [3.8, 4) is 17.1 Å². The maximum absolute atomic E-state index is 14.1. The van der Waals surface area contributed by atoms with E-state index in [9.17, 15) is 9.18 Å². The van der Waals surface area contributed by atoms with Gasteiger partial charge in [0.2, 0.25) is 11.8 Å². The van der Waals surface area contributed by atoms with Crippen LogP contribution in [0.25, 0.3) is 11.3 Å². The van der Waals surface area contributed by atoms with Gasteiger partial charge in [-0.25, -0.2) is 14.4 Å². The molecule has 0 unspecified atom stereocenters. The SMILES string of the molecule is COc1ccc(C(=O)N2CCCn3cc(-c4ccccc4F)nc32)cn1. The summed E-state index contributed by atoms with van der Waals surface area (Å²) in [7, 11) is 1.52. The van der Waals surface area contributed by atoms with Crippen LogP contribution >= 0.6 is 0 Å². The van der Waals surface area contributed by atoms with E-state index in [-0.39, 0.29) is 11.7 Å². The highest BCUT2D eigenvalue weighted by Gasteiger charge is 2.27. The van der Waals surface area contributed by atoms with Crippen LogP contribution in [0.5, 0.6) is 5.88 Å². The Kier molecular flexibility index (Phi) is 4.12. The second kappa shape index (κ2) is 6.59. The number of hydrogen-bond donors (Lipinski definition) is 0. The van der Waals surface area contributed by atoms with Crippen molar-refractivity contribution in [3.05, 3.63) is 60.2 Å². The number of fused-ring (bicyclic) bond motifs is 1. The maximum Gasteiger partial charge on any atom is 0.262 e. The third-order valence-corrected chi connectivity index (χ3v) is 4.37. The van der Waals surface area contributed by atoms with Crippen LogP contribution in [0.2, 0.25) is 0 Å². The Bertz CT molecular complexity index is 952. The number of benzene rings is 1. The van der Waals surface area contributed by atoms with Crippen LogP contribution in [0.3, 0.4) is 0 Å². The third kappa shape index (κ3) is 2.81. The maximum atomic E-state index is 14.1. The van der Waals surface area contributed by atoms with Crippen molar-refractivity contribution in [2.45, 2.75) is 13.0 Å². The third-order valence-electron chi connectivity index (χ3n) is 4.37. The predicted molar refractivity (Wildman–Crippen MR) is 94.7 cm³/mol. The molecule has 0 radical (unpaired) electrons. The standard InChI is InChI=1S/C19H17FN4O2/c1-26-17-8-7-13(11-21-17)18(25)24-10-4-9-23-12-16(22-19(23)24)14-5-2-3-6-15(14)20/h2-3,5-8,11-12H,4,9-10H2,1H3. The molecule has 0 saturated carbocycles. The summed E-state index contributed by atoms with van der Waals surface area (Å²) >= 11 is 0. The zero-order valence-electron chi connectivity index (χ0n) is 14.2. The Balaban J connectivity index is 1.68. The Morgan fingerprint density at radius 1 is 1.19 bits per heavy atom. The van der Waals surface area contributed by atoms with Gasteiger partial charge in [-0.05, 0) is 24.6 Å². The first kappa shape index (κ1) is 16.3. The average molecular weight is 352 g/mol. The molecule has 2 aromatic heterocycles. The van der Waals surface area contributed by atoms with E-state index >= 15 is 0 Å². The molecule has 0 N–H and O–H groups in total. The van der Waals surface area contributed by atoms with Crippen molar-refractivity contribution in [3.63, 3.8) is 0 Å². The predicted octanol–water partition coefficient (Wildman–Crippen LogP) is 3.14. The van der Waals surface area contributed by atoms with Crippen LogP contribution in [-0.2, 0) is 6.54 Å². The van der Waals surface area contributed by atoms with Crippen LogP contribution < -0.4 is 9.64 Å². The molecule has 6 nitrogen and oxygen atoms in total. The lowest BCUT2D eigenvalue weighted by atomic mass is 10.1. The molecule has 0 bridgehead atoms. The molecule has 0 spiro atoms. The van der Waals surface area contributed by atoms with E-state index in [1.165, 1.54) is 19.4 Å². The van der Waals surface area contributed by atoms with Crippen molar-refractivity contribution >= 4 is 11.9 Å². The summed E-state index contributed by atoms with van der Waals surface area (Å²) < 4.78 is 21.0. The van der Waals surface area contributed by atoms with Gasteiger partial charge in [-0.3, -0.25) is 9.69 Å². The monoisotopic (exact) mass is 352 g/mol. The zero-order valence-corrected chi connectivity index (χ0v) is 14.2. The molecule has 7 heteroatoms. The number of imidazole rings is 1. The van der Waals surface area contributed by atoms with E-state index in [2.05, 4.69) is 9.97 Å². The number of ether oxygens (including phenoxy) is 1. The molecule has 1 aliphatic rings. The van der Waals surface area contributed by atoms with Gasteiger partial charge in [-0.1, -0.05) is 12.1 Å². The van der Waals surface area contributed by atoms with Crippen LogP contribution in [0.1, 0.15) is 16.8 Å². The number of rotatable bonds is 3. The number of carbonyl (C=O) groups is 1. The van der Waals surface area contributed by atoms with Crippen LogP contribution in [-0.4, -0.2) is 34.1 Å². The van der Waals surface area contributed by atoms with Gasteiger partial charge < -0.3 is 9.30 Å². The highest BCUT2D eigenvalue weighted by molar-refractivity contribution is 6.05. The number of aromatic nitrogens is 3. The molecule has 3 heterocycles. The normalized spacial score (nSPS) is 13.4. The van der Waals surface area contributed by atoms with Gasteiger partial charge in [0, 0.05) is 37.1 Å². The lowest BCUT2D eigenvalue weighted by Crippen LogP contribution is -2.37. The van der Waals surface area contributed by atoms with E-state index in [4.69, 9.17) is 4.74 Å². The number of carbonyl (C=O) groups excluding carboxylic acids is 1. The summed E-state index contributed by atoms with van der Waals surface area (Å²) in [6.07, 6.45) is 4.08. The fraction of sp³-hybridized carbons (Fsp3) is 0.211. The summed E-state index contributed by atoms with van der Waals surface area (Å²) in [6, 6.07) is 9.81. The van der Waals surface area contributed by atoms with Crippen LogP contribution in [0.15, 0.2) is 48.8 Å². The van der Waals surface area contributed by atoms with Gasteiger partial charge >= 0.3 is 0 Å². The number of methoxy groups -OCH3 is 1. The van der Waals surface area contributed by atoms with Crippen molar-refractivity contribution in [1.82, 2.24) is 14.5 Å². The zero-order chi connectivity index (χ0) is 18.1. The van der Waals surface area contributed by atoms with E-state index in [1.807, 2.05) is 4.57 Å². The molecule has 0 atom stereocenters. The van der Waals surface area contributed by atoms with E-state index in [0.29, 0.717) is 35.2 Å². The molecule has 3 aromatic rings. The molecule has 0 fully saturated rings. The fourth-order valence-electron chi connectivity index (χ4n) is 3.06.